The van der Waals surface area contributed by atoms with Crippen LogP contribution in [0.2, 0.25) is 0 Å². The van der Waals surface area contributed by atoms with Gasteiger partial charge in [0.1, 0.15) is 11.6 Å². The van der Waals surface area contributed by atoms with E-state index in [1.54, 1.807) is 24.3 Å². The number of halogens is 1. The zero-order chi connectivity index (χ0) is 20.1. The van der Waals surface area contributed by atoms with E-state index in [1.807, 2.05) is 0 Å². The van der Waals surface area contributed by atoms with Gasteiger partial charge in [-0.25, -0.2) is 4.39 Å². The molecule has 0 aromatic heterocycles. The molecule has 1 atom stereocenters. The molecule has 146 valence electrons. The van der Waals surface area contributed by atoms with Gasteiger partial charge >= 0.3 is 5.97 Å². The van der Waals surface area contributed by atoms with Gasteiger partial charge in [-0.3, -0.25) is 14.4 Å². The molecule has 0 bridgehead atoms. The van der Waals surface area contributed by atoms with Crippen molar-refractivity contribution < 1.29 is 28.2 Å². The highest BCUT2D eigenvalue weighted by atomic mass is 19.1. The topological polar surface area (TPSA) is 84.9 Å². The van der Waals surface area contributed by atoms with Crippen LogP contribution in [0.4, 0.5) is 15.8 Å². The Hall–Kier alpha value is -3.42. The van der Waals surface area contributed by atoms with Crippen LogP contribution in [-0.2, 0) is 19.1 Å². The summed E-state index contributed by atoms with van der Waals surface area (Å²) in [6, 6.07) is 12.2. The number of carbonyl (C=O) groups is 3. The molecule has 7 nitrogen and oxygen atoms in total. The second-order valence-electron chi connectivity index (χ2n) is 6.27. The van der Waals surface area contributed by atoms with Crippen molar-refractivity contribution in [1.82, 2.24) is 0 Å². The van der Waals surface area contributed by atoms with E-state index in [4.69, 9.17) is 9.47 Å². The number of hydrogen-bond donors (Lipinski definition) is 1. The highest BCUT2D eigenvalue weighted by Gasteiger charge is 2.36. The van der Waals surface area contributed by atoms with E-state index in [0.717, 1.165) is 0 Å². The number of nitrogens with zero attached hydrogens (tertiary/aromatic N) is 1. The summed E-state index contributed by atoms with van der Waals surface area (Å²) in [5, 5.41) is 2.50. The van der Waals surface area contributed by atoms with Gasteiger partial charge in [0, 0.05) is 30.4 Å². The minimum absolute atomic E-state index is 0.00955. The molecule has 3 rings (SSSR count). The number of anilines is 2. The van der Waals surface area contributed by atoms with Crippen molar-refractivity contribution in [3.05, 3.63) is 54.3 Å². The molecule has 1 fully saturated rings. The van der Waals surface area contributed by atoms with E-state index in [9.17, 15) is 18.8 Å². The predicted molar refractivity (Wildman–Crippen MR) is 99.4 cm³/mol. The third kappa shape index (κ3) is 4.64. The third-order valence-corrected chi connectivity index (χ3v) is 4.30. The maximum absolute atomic E-state index is 12.9. The van der Waals surface area contributed by atoms with Crippen LogP contribution in [-0.4, -0.2) is 38.0 Å². The lowest BCUT2D eigenvalue weighted by Crippen LogP contribution is -2.28. The molecule has 28 heavy (non-hydrogen) atoms. The van der Waals surface area contributed by atoms with Crippen molar-refractivity contribution >= 4 is 29.2 Å². The molecule has 0 radical (unpaired) electrons. The Morgan fingerprint density at radius 1 is 1.21 bits per heavy atom. The van der Waals surface area contributed by atoms with E-state index in [1.165, 1.54) is 36.3 Å². The van der Waals surface area contributed by atoms with Gasteiger partial charge in [0.25, 0.3) is 5.91 Å². The van der Waals surface area contributed by atoms with Crippen LogP contribution in [0.25, 0.3) is 0 Å². The molecule has 1 saturated heterocycles. The van der Waals surface area contributed by atoms with E-state index in [-0.39, 0.29) is 18.9 Å². The summed E-state index contributed by atoms with van der Waals surface area (Å²) in [7, 11) is 1.53. The molecule has 2 aromatic carbocycles. The van der Waals surface area contributed by atoms with Crippen LogP contribution in [0, 0.1) is 11.7 Å². The zero-order valence-corrected chi connectivity index (χ0v) is 15.2. The maximum atomic E-state index is 12.9. The van der Waals surface area contributed by atoms with Gasteiger partial charge < -0.3 is 19.7 Å². The number of benzene rings is 2. The molecule has 0 unspecified atom stereocenters. The monoisotopic (exact) mass is 386 g/mol. The fourth-order valence-electron chi connectivity index (χ4n) is 2.88. The molecule has 2 amide bonds. The second-order valence-corrected chi connectivity index (χ2v) is 6.27. The van der Waals surface area contributed by atoms with Gasteiger partial charge in [0.2, 0.25) is 5.91 Å². The summed E-state index contributed by atoms with van der Waals surface area (Å²) in [6.45, 7) is -0.315. The van der Waals surface area contributed by atoms with Gasteiger partial charge in [0.15, 0.2) is 6.61 Å². The van der Waals surface area contributed by atoms with Gasteiger partial charge in [-0.05, 0) is 36.4 Å². The standard InChI is InChI=1S/C20H19FN2O5/c1-27-17-4-2-3-16(10-17)23-11-13(9-19(23)25)20(26)28-12-18(24)22-15-7-5-14(21)6-8-15/h2-8,10,13H,9,11-12H2,1H3,(H,22,24)/t13-/m0/s1. The van der Waals surface area contributed by atoms with Crippen LogP contribution in [0.1, 0.15) is 6.42 Å². The molecule has 2 aromatic rings. The Morgan fingerprint density at radius 2 is 1.96 bits per heavy atom. The van der Waals surface area contributed by atoms with Crippen molar-refractivity contribution in [2.75, 3.05) is 30.5 Å². The molecular formula is C20H19FN2O5. The van der Waals surface area contributed by atoms with Gasteiger partial charge in [-0.2, -0.15) is 0 Å². The number of methoxy groups -OCH3 is 1. The summed E-state index contributed by atoms with van der Waals surface area (Å²) < 4.78 is 23.0. The maximum Gasteiger partial charge on any atom is 0.311 e. The quantitative estimate of drug-likeness (QED) is 0.771. The number of hydrogen-bond acceptors (Lipinski definition) is 5. The number of rotatable bonds is 6. The Balaban J connectivity index is 1.52. The average molecular weight is 386 g/mol. The number of amides is 2. The van der Waals surface area contributed by atoms with Gasteiger partial charge in [-0.15, -0.1) is 0 Å². The van der Waals surface area contributed by atoms with Crippen molar-refractivity contribution in [1.29, 1.82) is 0 Å². The SMILES string of the molecule is COc1cccc(N2C[C@@H](C(=O)OCC(=O)Nc3ccc(F)cc3)CC2=O)c1. The molecule has 1 aliphatic heterocycles. The smallest absolute Gasteiger partial charge is 0.311 e. The molecule has 8 heteroatoms. The van der Waals surface area contributed by atoms with E-state index < -0.39 is 30.2 Å². The number of nitrogens with one attached hydrogen (secondary N) is 1. The number of carbonyl (C=O) groups excluding carboxylic acids is 3. The lowest BCUT2D eigenvalue weighted by atomic mass is 10.1. The first-order valence-corrected chi connectivity index (χ1v) is 8.62. The van der Waals surface area contributed by atoms with E-state index in [2.05, 4.69) is 5.32 Å². The first-order valence-electron chi connectivity index (χ1n) is 8.62. The minimum atomic E-state index is -0.655. The first kappa shape index (κ1) is 19.3. The summed E-state index contributed by atoms with van der Waals surface area (Å²) in [5.41, 5.74) is 1.02. The van der Waals surface area contributed by atoms with Crippen LogP contribution < -0.4 is 15.0 Å². The fourth-order valence-corrected chi connectivity index (χ4v) is 2.88. The van der Waals surface area contributed by atoms with Gasteiger partial charge in [0.05, 0.1) is 13.0 Å². The summed E-state index contributed by atoms with van der Waals surface area (Å²) in [4.78, 5) is 37.9. The van der Waals surface area contributed by atoms with Crippen LogP contribution >= 0.6 is 0 Å². The molecule has 0 aliphatic carbocycles. The van der Waals surface area contributed by atoms with Crippen molar-refractivity contribution in [3.63, 3.8) is 0 Å². The van der Waals surface area contributed by atoms with Gasteiger partial charge in [-0.1, -0.05) is 6.07 Å². The lowest BCUT2D eigenvalue weighted by Gasteiger charge is -2.17. The number of ether oxygens (including phenoxy) is 2. The molecule has 1 N–H and O–H groups in total. The number of esters is 1. The summed E-state index contributed by atoms with van der Waals surface area (Å²) in [6.07, 6.45) is 0.00955. The van der Waals surface area contributed by atoms with E-state index >= 15 is 0 Å². The normalized spacial score (nSPS) is 16.0. The molecule has 1 heterocycles. The van der Waals surface area contributed by atoms with Crippen molar-refractivity contribution in [3.8, 4) is 5.75 Å². The summed E-state index contributed by atoms with van der Waals surface area (Å²) >= 11 is 0. The first-order chi connectivity index (χ1) is 13.5. The Bertz CT molecular complexity index is 884. The largest absolute Gasteiger partial charge is 0.497 e. The minimum Gasteiger partial charge on any atom is -0.497 e. The zero-order valence-electron chi connectivity index (χ0n) is 15.2. The second kappa shape index (κ2) is 8.51. The van der Waals surface area contributed by atoms with Crippen LogP contribution in [0.15, 0.2) is 48.5 Å². The van der Waals surface area contributed by atoms with Crippen LogP contribution in [0.5, 0.6) is 5.75 Å². The Kier molecular flexibility index (Phi) is 5.88. The average Bonchev–Trinajstić information content (AvgIpc) is 3.10. The molecular weight excluding hydrogens is 367 g/mol. The Labute approximate surface area is 161 Å². The predicted octanol–water partition coefficient (Wildman–Crippen LogP) is 2.37. The Morgan fingerprint density at radius 3 is 2.68 bits per heavy atom. The third-order valence-electron chi connectivity index (χ3n) is 4.30. The van der Waals surface area contributed by atoms with Crippen molar-refractivity contribution in [2.24, 2.45) is 5.92 Å². The lowest BCUT2D eigenvalue weighted by molar-refractivity contribution is -0.151. The van der Waals surface area contributed by atoms with Crippen molar-refractivity contribution in [2.45, 2.75) is 6.42 Å². The summed E-state index contributed by atoms with van der Waals surface area (Å²) in [5.74, 6) is -1.84. The van der Waals surface area contributed by atoms with Crippen LogP contribution in [0.3, 0.4) is 0 Å². The van der Waals surface area contributed by atoms with E-state index in [0.29, 0.717) is 17.1 Å². The highest BCUT2D eigenvalue weighted by Crippen LogP contribution is 2.28. The highest BCUT2D eigenvalue weighted by molar-refractivity contribution is 6.00. The molecule has 0 saturated carbocycles. The fraction of sp³-hybridized carbons (Fsp3) is 0.250. The molecule has 0 spiro atoms. The molecule has 1 aliphatic rings.